The van der Waals surface area contributed by atoms with E-state index in [2.05, 4.69) is 0 Å². The molecular weight excluding hydrogens is 110 g/mol. The molecule has 0 aliphatic rings. The largest absolute Gasteiger partial charge is 0.226 e. The fraction of sp³-hybridized carbons (Fsp3) is 0.800. The first-order chi connectivity index (χ1) is 3.18. The van der Waals surface area contributed by atoms with Crippen molar-refractivity contribution >= 4 is 17.8 Å². The molecule has 0 fully saturated rings. The van der Waals surface area contributed by atoms with Gasteiger partial charge in [-0.2, -0.15) is 0 Å². The molecule has 0 aliphatic carbocycles. The molecule has 0 aromatic carbocycles. The van der Waals surface area contributed by atoms with Gasteiger partial charge < -0.3 is 0 Å². The fourth-order valence-corrected chi connectivity index (χ4v) is 0.318. The molecule has 0 spiro atoms. The van der Waals surface area contributed by atoms with Gasteiger partial charge in [0.25, 0.3) is 0 Å². The molecule has 0 heterocycles. The molecule has 0 bridgehead atoms. The van der Waals surface area contributed by atoms with Crippen LogP contribution in [0.15, 0.2) is 0 Å². The van der Waals surface area contributed by atoms with Crippen LogP contribution >= 0.6 is 11.6 Å². The fourth-order valence-electron chi connectivity index (χ4n) is 0.205. The van der Waals surface area contributed by atoms with Crippen LogP contribution in [0.3, 0.4) is 0 Å². The summed E-state index contributed by atoms with van der Waals surface area (Å²) in [6, 6.07) is 0. The molecule has 0 aromatic heterocycles. The summed E-state index contributed by atoms with van der Waals surface area (Å²) in [7, 11) is 1.94. The minimum Gasteiger partial charge on any atom is -0.226 e. The molecule has 0 saturated heterocycles. The quantitative estimate of drug-likeness (QED) is 0.212. The predicted molar refractivity (Wildman–Crippen MR) is 33.2 cm³/mol. The maximum absolute atomic E-state index is 5.62. The lowest BCUT2D eigenvalue weighted by molar-refractivity contribution is -0.506. The minimum absolute atomic E-state index is 0.116. The highest BCUT2D eigenvalue weighted by atomic mass is 35.5. The zero-order valence-electron chi connectivity index (χ0n) is 4.98. The second kappa shape index (κ2) is 3.03. The predicted octanol–water partition coefficient (Wildman–Crippen LogP) is 1.30. The van der Waals surface area contributed by atoms with E-state index in [4.69, 9.17) is 11.6 Å². The highest BCUT2D eigenvalue weighted by Gasteiger charge is 1.99. The van der Waals surface area contributed by atoms with E-state index in [-0.39, 0.29) is 5.50 Å². The third kappa shape index (κ3) is 2.63. The Morgan fingerprint density at radius 1 is 1.71 bits per heavy atom. The Kier molecular flexibility index (Phi) is 3.01. The number of hydrogen-bond donors (Lipinski definition) is 0. The molecule has 1 atom stereocenters. The van der Waals surface area contributed by atoms with Gasteiger partial charge in [-0.25, -0.2) is 4.58 Å². The van der Waals surface area contributed by atoms with Crippen molar-refractivity contribution in [3.05, 3.63) is 0 Å². The first-order valence-electron chi connectivity index (χ1n) is 2.34. The molecule has 1 nitrogen and oxygen atoms in total. The first kappa shape index (κ1) is 6.96. The number of rotatable bonds is 1. The van der Waals surface area contributed by atoms with E-state index in [1.807, 2.05) is 31.7 Å². The maximum atomic E-state index is 5.62. The Hall–Kier alpha value is -0.0400. The molecule has 7 heavy (non-hydrogen) atoms. The smallest absolute Gasteiger partial charge is 0.223 e. The standard InChI is InChI=1S/C5H11ClN/c1-4-7(3)5(2)6/h4-5H,1-3H3/q+1. The summed E-state index contributed by atoms with van der Waals surface area (Å²) < 4.78 is 1.93. The van der Waals surface area contributed by atoms with E-state index < -0.39 is 0 Å². The van der Waals surface area contributed by atoms with Gasteiger partial charge >= 0.3 is 0 Å². The molecule has 42 valence electrons. The lowest BCUT2D eigenvalue weighted by Crippen LogP contribution is -2.12. The molecule has 0 rings (SSSR count). The normalized spacial score (nSPS) is 16.9. The second-order valence-electron chi connectivity index (χ2n) is 1.50. The summed E-state index contributed by atoms with van der Waals surface area (Å²) in [6.45, 7) is 3.89. The van der Waals surface area contributed by atoms with Crippen LogP contribution in [0.5, 0.6) is 0 Å². The van der Waals surface area contributed by atoms with Gasteiger partial charge in [-0.3, -0.25) is 0 Å². The third-order valence-electron chi connectivity index (χ3n) is 0.968. The van der Waals surface area contributed by atoms with Gasteiger partial charge in [-0.05, 0) is 11.6 Å². The summed E-state index contributed by atoms with van der Waals surface area (Å²) in [6.07, 6.45) is 1.94. The van der Waals surface area contributed by atoms with Crippen LogP contribution in [-0.4, -0.2) is 23.3 Å². The number of nitrogens with zero attached hydrogens (tertiary/aromatic N) is 1. The van der Waals surface area contributed by atoms with Crippen molar-refractivity contribution in [3.63, 3.8) is 0 Å². The number of hydrogen-bond acceptors (Lipinski definition) is 0. The third-order valence-corrected chi connectivity index (χ3v) is 1.28. The van der Waals surface area contributed by atoms with Crippen molar-refractivity contribution in [2.75, 3.05) is 7.05 Å². The number of alkyl halides is 1. The topological polar surface area (TPSA) is 3.01 Å². The monoisotopic (exact) mass is 120 g/mol. The van der Waals surface area contributed by atoms with Gasteiger partial charge in [-0.1, -0.05) is 0 Å². The van der Waals surface area contributed by atoms with E-state index in [1.54, 1.807) is 0 Å². The lowest BCUT2D eigenvalue weighted by atomic mass is 10.7. The summed E-state index contributed by atoms with van der Waals surface area (Å²) in [5, 5.41) is 0. The lowest BCUT2D eigenvalue weighted by Gasteiger charge is -1.93. The van der Waals surface area contributed by atoms with Crippen molar-refractivity contribution < 1.29 is 4.58 Å². The average Bonchev–Trinajstić information content (AvgIpc) is 1.65. The molecule has 0 aromatic rings. The van der Waals surface area contributed by atoms with E-state index in [0.717, 1.165) is 0 Å². The van der Waals surface area contributed by atoms with Gasteiger partial charge in [0.15, 0.2) is 0 Å². The van der Waals surface area contributed by atoms with Gasteiger partial charge in [0.1, 0.15) is 13.3 Å². The van der Waals surface area contributed by atoms with Crippen LogP contribution in [0, 0.1) is 0 Å². The molecule has 2 heteroatoms. The second-order valence-corrected chi connectivity index (χ2v) is 2.13. The zero-order chi connectivity index (χ0) is 5.86. The van der Waals surface area contributed by atoms with Crippen LogP contribution in [0.25, 0.3) is 0 Å². The molecular formula is C5H11ClN+. The van der Waals surface area contributed by atoms with Gasteiger partial charge in [-0.15, -0.1) is 0 Å². The Morgan fingerprint density at radius 3 is 2.14 bits per heavy atom. The van der Waals surface area contributed by atoms with E-state index in [0.29, 0.717) is 0 Å². The Morgan fingerprint density at radius 2 is 2.14 bits per heavy atom. The van der Waals surface area contributed by atoms with Crippen LogP contribution in [0.4, 0.5) is 0 Å². The Labute approximate surface area is 49.6 Å². The summed E-state index contributed by atoms with van der Waals surface area (Å²) in [5.74, 6) is 0. The minimum atomic E-state index is 0.116. The Bertz CT molecular complexity index is 76.1. The molecule has 0 amide bonds. The highest BCUT2D eigenvalue weighted by molar-refractivity contribution is 6.19. The molecule has 0 aliphatic heterocycles. The molecule has 1 unspecified atom stereocenters. The summed E-state index contributed by atoms with van der Waals surface area (Å²) >= 11 is 5.62. The van der Waals surface area contributed by atoms with Crippen LogP contribution < -0.4 is 0 Å². The zero-order valence-corrected chi connectivity index (χ0v) is 5.74. The van der Waals surface area contributed by atoms with Crippen molar-refractivity contribution in [2.24, 2.45) is 0 Å². The van der Waals surface area contributed by atoms with E-state index in [9.17, 15) is 0 Å². The summed E-state index contributed by atoms with van der Waals surface area (Å²) in [5.41, 5.74) is 0.116. The highest BCUT2D eigenvalue weighted by Crippen LogP contribution is 1.89. The summed E-state index contributed by atoms with van der Waals surface area (Å²) in [4.78, 5) is 0. The molecule has 0 N–H and O–H groups in total. The van der Waals surface area contributed by atoms with E-state index >= 15 is 0 Å². The average molecular weight is 121 g/mol. The molecule has 0 radical (unpaired) electrons. The Balaban J connectivity index is 3.56. The first-order valence-corrected chi connectivity index (χ1v) is 2.77. The number of halogens is 1. The van der Waals surface area contributed by atoms with Gasteiger partial charge in [0.2, 0.25) is 5.50 Å². The maximum Gasteiger partial charge on any atom is 0.223 e. The van der Waals surface area contributed by atoms with Crippen LogP contribution in [0.2, 0.25) is 0 Å². The van der Waals surface area contributed by atoms with E-state index in [1.165, 1.54) is 0 Å². The van der Waals surface area contributed by atoms with Crippen molar-refractivity contribution in [3.8, 4) is 0 Å². The van der Waals surface area contributed by atoms with Gasteiger partial charge in [0, 0.05) is 13.8 Å². The van der Waals surface area contributed by atoms with Crippen LogP contribution in [-0.2, 0) is 0 Å². The van der Waals surface area contributed by atoms with Crippen LogP contribution in [0.1, 0.15) is 13.8 Å². The van der Waals surface area contributed by atoms with Gasteiger partial charge in [0.05, 0.1) is 0 Å². The van der Waals surface area contributed by atoms with Crippen molar-refractivity contribution in [1.82, 2.24) is 0 Å². The molecule has 0 saturated carbocycles. The van der Waals surface area contributed by atoms with Crippen molar-refractivity contribution in [1.29, 1.82) is 0 Å². The van der Waals surface area contributed by atoms with Crippen molar-refractivity contribution in [2.45, 2.75) is 19.3 Å². The SMILES string of the molecule is CC=[N+](C)C(C)Cl.